The van der Waals surface area contributed by atoms with E-state index in [-0.39, 0.29) is 23.7 Å². The van der Waals surface area contributed by atoms with E-state index in [1.54, 1.807) is 0 Å². The molecule has 0 fully saturated rings. The lowest BCUT2D eigenvalue weighted by molar-refractivity contribution is -0.393. The second kappa shape index (κ2) is 26.2. The predicted molar refractivity (Wildman–Crippen MR) is 154 cm³/mol. The molecule has 1 N–H and O–H groups in total. The number of nitro groups is 2. The van der Waals surface area contributed by atoms with Crippen molar-refractivity contribution in [2.45, 2.75) is 20.3 Å². The van der Waals surface area contributed by atoms with E-state index in [9.17, 15) is 20.2 Å². The van der Waals surface area contributed by atoms with E-state index in [0.717, 1.165) is 19.1 Å². The van der Waals surface area contributed by atoms with Gasteiger partial charge in [-0.1, -0.05) is 20.3 Å². The van der Waals surface area contributed by atoms with Gasteiger partial charge in [-0.2, -0.15) is 0 Å². The van der Waals surface area contributed by atoms with Gasteiger partial charge in [0.25, 0.3) is 11.4 Å². The Morgan fingerprint density at radius 2 is 1.05 bits per heavy atom. The molecule has 0 amide bonds. The van der Waals surface area contributed by atoms with E-state index in [1.165, 1.54) is 12.1 Å². The zero-order valence-corrected chi connectivity index (χ0v) is 24.8. The summed E-state index contributed by atoms with van der Waals surface area (Å²) in [6.45, 7) is 12.4. The molecule has 0 aliphatic rings. The predicted octanol–water partition coefficient (Wildman–Crippen LogP) is 3.09. The highest BCUT2D eigenvalue weighted by Crippen LogP contribution is 2.28. The van der Waals surface area contributed by atoms with Crippen molar-refractivity contribution in [1.29, 1.82) is 0 Å². The van der Waals surface area contributed by atoms with Crippen LogP contribution in [0, 0.1) is 26.1 Å². The van der Waals surface area contributed by atoms with Crippen LogP contribution in [0.4, 0.5) is 17.1 Å². The molecule has 0 bridgehead atoms. The summed E-state index contributed by atoms with van der Waals surface area (Å²) in [5.74, 6) is 0.582. The summed E-state index contributed by atoms with van der Waals surface area (Å²) in [4.78, 5) is 20.6. The topological polar surface area (TPSA) is 172 Å². The lowest BCUT2D eigenvalue weighted by Crippen LogP contribution is -2.15. The van der Waals surface area contributed by atoms with Gasteiger partial charge in [-0.3, -0.25) is 20.2 Å². The Bertz CT molecular complexity index is 834. The molecule has 0 spiro atoms. The van der Waals surface area contributed by atoms with Gasteiger partial charge >= 0.3 is 0 Å². The number of rotatable bonds is 30. The number of benzene rings is 1. The van der Waals surface area contributed by atoms with Gasteiger partial charge in [-0.15, -0.1) is 0 Å². The third-order valence-corrected chi connectivity index (χ3v) is 5.65. The highest BCUT2D eigenvalue weighted by atomic mass is 16.6. The number of nitrogens with zero attached hydrogens (tertiary/aromatic N) is 2. The van der Waals surface area contributed by atoms with Crippen LogP contribution in [-0.4, -0.2) is 122 Å². The SMILES string of the molecule is CCC(C)COCCOCCOCCOCCOCCOCCOCCOCCNc1ccc([N+](=O)[O-])cc1[N+](=O)[O-]. The minimum Gasteiger partial charge on any atom is -0.379 e. The molecule has 1 aromatic rings. The van der Waals surface area contributed by atoms with E-state index >= 15 is 0 Å². The maximum atomic E-state index is 11.1. The minimum absolute atomic E-state index is 0.191. The van der Waals surface area contributed by atoms with Crippen LogP contribution in [0.25, 0.3) is 0 Å². The largest absolute Gasteiger partial charge is 0.379 e. The maximum Gasteiger partial charge on any atom is 0.299 e. The molecule has 0 aliphatic carbocycles. The van der Waals surface area contributed by atoms with E-state index in [1.807, 2.05) is 0 Å². The fraction of sp³-hybridized carbons (Fsp3) is 0.778. The molecule has 0 heterocycles. The molecule has 0 saturated heterocycles. The molecule has 15 nitrogen and oxygen atoms in total. The standard InChI is InChI=1S/C27H47N3O12/c1-3-24(2)23-42-21-20-41-19-18-40-17-16-39-15-14-38-13-12-37-11-10-36-9-8-35-7-6-28-26-5-4-25(29(31)32)22-27(26)30(33)34/h4-5,22,24,28H,3,6-21,23H2,1-2H3. The second-order valence-corrected chi connectivity index (χ2v) is 9.02. The molecule has 1 unspecified atom stereocenters. The first-order chi connectivity index (χ1) is 20.5. The molecule has 1 rings (SSSR count). The number of hydrogen-bond donors (Lipinski definition) is 1. The van der Waals surface area contributed by atoms with Crippen molar-refractivity contribution in [2.75, 3.05) is 118 Å². The molecular formula is C27H47N3O12. The number of anilines is 1. The van der Waals surface area contributed by atoms with Gasteiger partial charge in [-0.25, -0.2) is 0 Å². The van der Waals surface area contributed by atoms with E-state index in [0.29, 0.717) is 105 Å². The highest BCUT2D eigenvalue weighted by Gasteiger charge is 2.19. The minimum atomic E-state index is -0.679. The van der Waals surface area contributed by atoms with Crippen molar-refractivity contribution >= 4 is 17.1 Å². The van der Waals surface area contributed by atoms with Crippen LogP contribution < -0.4 is 5.32 Å². The van der Waals surface area contributed by atoms with Gasteiger partial charge in [0.05, 0.1) is 115 Å². The van der Waals surface area contributed by atoms with Gasteiger partial charge < -0.3 is 43.2 Å². The Kier molecular flexibility index (Phi) is 23.4. The first-order valence-corrected chi connectivity index (χ1v) is 14.2. The van der Waals surface area contributed by atoms with Gasteiger partial charge in [0, 0.05) is 19.2 Å². The van der Waals surface area contributed by atoms with Crippen LogP contribution in [-0.2, 0) is 37.9 Å². The second-order valence-electron chi connectivity index (χ2n) is 9.02. The van der Waals surface area contributed by atoms with Crippen molar-refractivity contribution in [3.05, 3.63) is 38.4 Å². The van der Waals surface area contributed by atoms with Gasteiger partial charge in [-0.05, 0) is 12.0 Å². The molecule has 1 aromatic carbocycles. The summed E-state index contributed by atoms with van der Waals surface area (Å²) in [7, 11) is 0. The van der Waals surface area contributed by atoms with Gasteiger partial charge in [0.1, 0.15) is 5.69 Å². The monoisotopic (exact) mass is 605 g/mol. The first kappa shape index (κ1) is 37.5. The van der Waals surface area contributed by atoms with Gasteiger partial charge in [0.15, 0.2) is 0 Å². The zero-order valence-electron chi connectivity index (χ0n) is 24.8. The van der Waals surface area contributed by atoms with Gasteiger partial charge in [0.2, 0.25) is 0 Å². The number of nitro benzene ring substituents is 2. The summed E-state index contributed by atoms with van der Waals surface area (Å²) >= 11 is 0. The third kappa shape index (κ3) is 20.4. The van der Waals surface area contributed by atoms with Crippen LogP contribution in [0.1, 0.15) is 20.3 Å². The summed E-state index contributed by atoms with van der Waals surface area (Å²) in [5, 5.41) is 24.7. The molecular weight excluding hydrogens is 558 g/mol. The van der Waals surface area contributed by atoms with Crippen molar-refractivity contribution in [3.63, 3.8) is 0 Å². The summed E-state index contributed by atoms with van der Waals surface area (Å²) in [6, 6.07) is 3.44. The Balaban J connectivity index is 1.79. The van der Waals surface area contributed by atoms with E-state index in [4.69, 9.17) is 37.9 Å². The molecule has 42 heavy (non-hydrogen) atoms. The third-order valence-electron chi connectivity index (χ3n) is 5.65. The van der Waals surface area contributed by atoms with E-state index in [2.05, 4.69) is 19.2 Å². The normalized spacial score (nSPS) is 12.0. The summed E-state index contributed by atoms with van der Waals surface area (Å²) in [6.07, 6.45) is 1.12. The van der Waals surface area contributed by atoms with Crippen LogP contribution in [0.3, 0.4) is 0 Å². The zero-order chi connectivity index (χ0) is 30.7. The summed E-state index contributed by atoms with van der Waals surface area (Å²) < 4.78 is 43.6. The number of hydrogen-bond acceptors (Lipinski definition) is 13. The maximum absolute atomic E-state index is 11.1. The van der Waals surface area contributed by atoms with Crippen LogP contribution in [0.2, 0.25) is 0 Å². The molecule has 242 valence electrons. The fourth-order valence-electron chi connectivity index (χ4n) is 3.13. The Labute approximate surface area is 247 Å². The van der Waals surface area contributed by atoms with Crippen molar-refractivity contribution in [3.8, 4) is 0 Å². The average Bonchev–Trinajstić information content (AvgIpc) is 2.98. The highest BCUT2D eigenvalue weighted by molar-refractivity contribution is 5.65. The molecule has 0 aliphatic heterocycles. The quantitative estimate of drug-likeness (QED) is 0.0771. The lowest BCUT2D eigenvalue weighted by Gasteiger charge is -2.10. The van der Waals surface area contributed by atoms with Crippen molar-refractivity contribution in [1.82, 2.24) is 0 Å². The average molecular weight is 606 g/mol. The van der Waals surface area contributed by atoms with Crippen LogP contribution >= 0.6 is 0 Å². The number of ether oxygens (including phenoxy) is 8. The number of non-ortho nitro benzene ring substituents is 1. The van der Waals surface area contributed by atoms with Crippen LogP contribution in [0.15, 0.2) is 18.2 Å². The first-order valence-electron chi connectivity index (χ1n) is 14.2. The fourth-order valence-corrected chi connectivity index (χ4v) is 3.13. The number of nitrogens with one attached hydrogen (secondary N) is 1. The van der Waals surface area contributed by atoms with Crippen LogP contribution in [0.5, 0.6) is 0 Å². The van der Waals surface area contributed by atoms with E-state index < -0.39 is 9.85 Å². The molecule has 0 aromatic heterocycles. The molecule has 0 saturated carbocycles. The Morgan fingerprint density at radius 1 is 0.643 bits per heavy atom. The lowest BCUT2D eigenvalue weighted by atomic mass is 10.1. The molecule has 0 radical (unpaired) electrons. The Morgan fingerprint density at radius 3 is 1.43 bits per heavy atom. The van der Waals surface area contributed by atoms with Crippen molar-refractivity contribution < 1.29 is 47.7 Å². The summed E-state index contributed by atoms with van der Waals surface area (Å²) in [5.41, 5.74) is -0.512. The Hall–Kier alpha value is -2.50. The molecule has 15 heteroatoms. The smallest absolute Gasteiger partial charge is 0.299 e. The van der Waals surface area contributed by atoms with Crippen molar-refractivity contribution in [2.24, 2.45) is 5.92 Å². The molecule has 1 atom stereocenters.